The van der Waals surface area contributed by atoms with Crippen LogP contribution < -0.4 is 10.6 Å². The van der Waals surface area contributed by atoms with Crippen LogP contribution in [0.15, 0.2) is 30.3 Å². The number of likely N-dealkylation sites (tertiary alicyclic amines) is 1. The van der Waals surface area contributed by atoms with Crippen molar-refractivity contribution < 1.29 is 14.4 Å². The lowest BCUT2D eigenvalue weighted by molar-refractivity contribution is -0.137. The second-order valence-electron chi connectivity index (χ2n) is 8.67. The summed E-state index contributed by atoms with van der Waals surface area (Å²) in [5, 5.41) is 6.17. The van der Waals surface area contributed by atoms with Crippen molar-refractivity contribution in [3.63, 3.8) is 0 Å². The second kappa shape index (κ2) is 10.6. The first-order valence-electron chi connectivity index (χ1n) is 11.5. The predicted molar refractivity (Wildman–Crippen MR) is 117 cm³/mol. The van der Waals surface area contributed by atoms with Gasteiger partial charge >= 0.3 is 0 Å². The summed E-state index contributed by atoms with van der Waals surface area (Å²) in [7, 11) is 0. The Morgan fingerprint density at radius 2 is 1.70 bits per heavy atom. The molecule has 3 amide bonds. The van der Waals surface area contributed by atoms with E-state index in [-0.39, 0.29) is 23.6 Å². The van der Waals surface area contributed by atoms with Crippen molar-refractivity contribution in [1.29, 1.82) is 0 Å². The Morgan fingerprint density at radius 3 is 2.33 bits per heavy atom. The van der Waals surface area contributed by atoms with Crippen LogP contribution in [0.25, 0.3) is 0 Å². The van der Waals surface area contributed by atoms with E-state index in [2.05, 4.69) is 17.6 Å². The molecule has 2 N–H and O–H groups in total. The number of rotatable bonds is 8. The fourth-order valence-corrected chi connectivity index (χ4v) is 4.54. The van der Waals surface area contributed by atoms with Gasteiger partial charge in [-0.2, -0.15) is 0 Å². The van der Waals surface area contributed by atoms with E-state index in [4.69, 9.17) is 0 Å². The summed E-state index contributed by atoms with van der Waals surface area (Å²) in [6.45, 7) is 3.67. The van der Waals surface area contributed by atoms with Crippen molar-refractivity contribution in [2.45, 2.75) is 70.3 Å². The summed E-state index contributed by atoms with van der Waals surface area (Å²) >= 11 is 0. The van der Waals surface area contributed by atoms with E-state index in [1.807, 2.05) is 30.3 Å². The zero-order chi connectivity index (χ0) is 21.4. The van der Waals surface area contributed by atoms with Crippen LogP contribution in [0.3, 0.4) is 0 Å². The molecule has 1 aromatic carbocycles. The molecule has 0 bridgehead atoms. The zero-order valence-corrected chi connectivity index (χ0v) is 18.1. The highest BCUT2D eigenvalue weighted by atomic mass is 16.2. The lowest BCUT2D eigenvalue weighted by Gasteiger charge is -2.41. The summed E-state index contributed by atoms with van der Waals surface area (Å²) in [6, 6.07) is 9.22. The van der Waals surface area contributed by atoms with Gasteiger partial charge in [0.2, 0.25) is 11.8 Å². The van der Waals surface area contributed by atoms with Gasteiger partial charge in [0, 0.05) is 31.1 Å². The molecule has 3 rings (SSSR count). The lowest BCUT2D eigenvalue weighted by atomic mass is 9.85. The minimum Gasteiger partial charge on any atom is -0.354 e. The molecular formula is C24H35N3O3. The lowest BCUT2D eigenvalue weighted by Crippen LogP contribution is -2.64. The third-order valence-corrected chi connectivity index (χ3v) is 6.51. The normalized spacial score (nSPS) is 18.8. The van der Waals surface area contributed by atoms with Crippen LogP contribution in [0.2, 0.25) is 0 Å². The smallest absolute Gasteiger partial charge is 0.253 e. The molecule has 2 fully saturated rings. The van der Waals surface area contributed by atoms with Gasteiger partial charge in [0.05, 0.1) is 0 Å². The van der Waals surface area contributed by atoms with Crippen LogP contribution in [0.1, 0.15) is 75.1 Å². The highest BCUT2D eigenvalue weighted by molar-refractivity contribution is 5.95. The molecule has 6 nitrogen and oxygen atoms in total. The molecule has 6 heteroatoms. The summed E-state index contributed by atoms with van der Waals surface area (Å²) in [5.41, 5.74) is -0.261. The second-order valence-corrected chi connectivity index (χ2v) is 8.67. The van der Waals surface area contributed by atoms with Crippen LogP contribution in [0.5, 0.6) is 0 Å². The maximum absolute atomic E-state index is 13.2. The molecule has 1 aromatic rings. The van der Waals surface area contributed by atoms with Crippen LogP contribution in [-0.2, 0) is 9.59 Å². The first kappa shape index (κ1) is 22.3. The zero-order valence-electron chi connectivity index (χ0n) is 18.1. The molecule has 1 aliphatic heterocycles. The van der Waals surface area contributed by atoms with Gasteiger partial charge < -0.3 is 15.5 Å². The number of hydrogen-bond donors (Lipinski definition) is 2. The number of hydrogen-bond acceptors (Lipinski definition) is 3. The Kier molecular flexibility index (Phi) is 7.88. The summed E-state index contributed by atoms with van der Waals surface area (Å²) < 4.78 is 0. The van der Waals surface area contributed by atoms with Gasteiger partial charge in [0.1, 0.15) is 5.54 Å². The quantitative estimate of drug-likeness (QED) is 0.642. The monoisotopic (exact) mass is 413 g/mol. The van der Waals surface area contributed by atoms with E-state index in [1.54, 1.807) is 4.90 Å². The first-order valence-corrected chi connectivity index (χ1v) is 11.5. The van der Waals surface area contributed by atoms with Crippen LogP contribution in [-0.4, -0.2) is 47.8 Å². The van der Waals surface area contributed by atoms with Crippen molar-refractivity contribution in [3.05, 3.63) is 35.9 Å². The Balaban J connectivity index is 1.66. The minimum absolute atomic E-state index is 0.000885. The number of nitrogens with zero attached hydrogens (tertiary/aromatic N) is 1. The number of carbonyl (C=O) groups is 3. The molecule has 1 saturated carbocycles. The standard InChI is InChI=1S/C24H35N3O3/c1-2-3-9-16-25-23(30)24(26-21(28)19-10-7-8-11-19)14-17-27(18-15-24)22(29)20-12-5-4-6-13-20/h4-6,12-13,19H,2-3,7-11,14-18H2,1H3,(H,25,30)(H,26,28). The van der Waals surface area contributed by atoms with Gasteiger partial charge in [-0.3, -0.25) is 14.4 Å². The molecule has 2 aliphatic rings. The van der Waals surface area contributed by atoms with Gasteiger partial charge in [-0.1, -0.05) is 50.8 Å². The first-order chi connectivity index (χ1) is 14.6. The van der Waals surface area contributed by atoms with E-state index in [1.165, 1.54) is 0 Å². The molecule has 1 aliphatic carbocycles. The molecule has 0 aromatic heterocycles. The molecule has 164 valence electrons. The van der Waals surface area contributed by atoms with Gasteiger partial charge in [0.15, 0.2) is 0 Å². The summed E-state index contributed by atoms with van der Waals surface area (Å²) in [5.74, 6) is -0.107. The Labute approximate surface area is 179 Å². The molecule has 1 saturated heterocycles. The minimum atomic E-state index is -0.917. The molecule has 0 radical (unpaired) electrons. The number of carbonyl (C=O) groups excluding carboxylic acids is 3. The average Bonchev–Trinajstić information content (AvgIpc) is 3.32. The Morgan fingerprint density at radius 1 is 1.03 bits per heavy atom. The fourth-order valence-electron chi connectivity index (χ4n) is 4.54. The maximum Gasteiger partial charge on any atom is 0.253 e. The summed E-state index contributed by atoms with van der Waals surface area (Å²) in [6.07, 6.45) is 7.95. The molecule has 0 atom stereocenters. The number of nitrogens with one attached hydrogen (secondary N) is 2. The predicted octanol–water partition coefficient (Wildman–Crippen LogP) is 3.27. The van der Waals surface area contributed by atoms with Crippen molar-refractivity contribution in [3.8, 4) is 0 Å². The SMILES string of the molecule is CCCCCNC(=O)C1(NC(=O)C2CCCC2)CCN(C(=O)c2ccccc2)CC1. The number of piperidine rings is 1. The molecular weight excluding hydrogens is 378 g/mol. The highest BCUT2D eigenvalue weighted by Gasteiger charge is 2.44. The Bertz CT molecular complexity index is 720. The topological polar surface area (TPSA) is 78.5 Å². The molecule has 30 heavy (non-hydrogen) atoms. The van der Waals surface area contributed by atoms with Gasteiger partial charge in [0.25, 0.3) is 5.91 Å². The van der Waals surface area contributed by atoms with E-state index >= 15 is 0 Å². The van der Waals surface area contributed by atoms with Gasteiger partial charge in [-0.15, -0.1) is 0 Å². The van der Waals surface area contributed by atoms with E-state index in [0.29, 0.717) is 38.0 Å². The van der Waals surface area contributed by atoms with Crippen LogP contribution in [0.4, 0.5) is 0 Å². The third kappa shape index (κ3) is 5.41. The number of unbranched alkanes of at least 4 members (excludes halogenated alkanes) is 2. The van der Waals surface area contributed by atoms with E-state index in [0.717, 1.165) is 44.9 Å². The highest BCUT2D eigenvalue weighted by Crippen LogP contribution is 2.29. The van der Waals surface area contributed by atoms with Crippen molar-refractivity contribution >= 4 is 17.7 Å². The number of benzene rings is 1. The van der Waals surface area contributed by atoms with E-state index < -0.39 is 5.54 Å². The molecule has 0 spiro atoms. The average molecular weight is 414 g/mol. The molecule has 0 unspecified atom stereocenters. The van der Waals surface area contributed by atoms with E-state index in [9.17, 15) is 14.4 Å². The van der Waals surface area contributed by atoms with Crippen molar-refractivity contribution in [2.24, 2.45) is 5.92 Å². The largest absolute Gasteiger partial charge is 0.354 e. The molecule has 1 heterocycles. The number of amides is 3. The summed E-state index contributed by atoms with van der Waals surface area (Å²) in [4.78, 5) is 40.6. The van der Waals surface area contributed by atoms with Crippen molar-refractivity contribution in [2.75, 3.05) is 19.6 Å². The van der Waals surface area contributed by atoms with Crippen molar-refractivity contribution in [1.82, 2.24) is 15.5 Å². The maximum atomic E-state index is 13.2. The van der Waals surface area contributed by atoms with Crippen LogP contribution >= 0.6 is 0 Å². The van der Waals surface area contributed by atoms with Gasteiger partial charge in [-0.25, -0.2) is 0 Å². The van der Waals surface area contributed by atoms with Crippen LogP contribution in [0, 0.1) is 5.92 Å². The third-order valence-electron chi connectivity index (χ3n) is 6.51. The Hall–Kier alpha value is -2.37. The fraction of sp³-hybridized carbons (Fsp3) is 0.625. The van der Waals surface area contributed by atoms with Gasteiger partial charge in [-0.05, 0) is 44.2 Å².